The molecule has 0 aromatic heterocycles. The smallest absolute Gasteiger partial charge is 0.161 e. The van der Waals surface area contributed by atoms with Gasteiger partial charge in [0.05, 0.1) is 6.10 Å². The van der Waals surface area contributed by atoms with E-state index in [4.69, 9.17) is 0 Å². The summed E-state index contributed by atoms with van der Waals surface area (Å²) in [6.45, 7) is 4.87. The van der Waals surface area contributed by atoms with Gasteiger partial charge < -0.3 is 10.2 Å². The van der Waals surface area contributed by atoms with Crippen molar-refractivity contribution in [2.45, 2.75) is 83.1 Å². The number of Topliss-reactive ketones (excluding diaryl/α,β-unsaturated/α-hetero) is 2. The second-order valence-electron chi connectivity index (χ2n) is 9.95. The van der Waals surface area contributed by atoms with Gasteiger partial charge in [-0.3, -0.25) is 14.4 Å². The molecule has 3 saturated carbocycles. The topological polar surface area (TPSA) is 91.7 Å². The lowest BCUT2D eigenvalue weighted by atomic mass is 9.43. The number of carbonyl (C=O) groups is 3. The second kappa shape index (κ2) is 5.82. The lowest BCUT2D eigenvalue weighted by molar-refractivity contribution is -0.221. The molecule has 4 rings (SSSR count). The van der Waals surface area contributed by atoms with Crippen LogP contribution in [0.25, 0.3) is 0 Å². The van der Waals surface area contributed by atoms with Crippen LogP contribution in [0.3, 0.4) is 0 Å². The summed E-state index contributed by atoms with van der Waals surface area (Å²) in [5.41, 5.74) is -4.59. The lowest BCUT2D eigenvalue weighted by Gasteiger charge is -2.63. The van der Waals surface area contributed by atoms with Gasteiger partial charge in [0.1, 0.15) is 23.3 Å². The van der Waals surface area contributed by atoms with E-state index in [1.165, 1.54) is 6.92 Å². The molecule has 0 saturated heterocycles. The molecule has 28 heavy (non-hydrogen) atoms. The Kier molecular flexibility index (Phi) is 4.13. The summed E-state index contributed by atoms with van der Waals surface area (Å²) in [6.07, 6.45) is 0.781. The van der Waals surface area contributed by atoms with E-state index in [1.807, 2.05) is 0 Å². The first-order valence-electron chi connectivity index (χ1n) is 10.3. The molecular formula is C22H29FO5. The molecule has 4 aliphatic rings. The highest BCUT2D eigenvalue weighted by Crippen LogP contribution is 2.70. The van der Waals surface area contributed by atoms with E-state index >= 15 is 4.39 Å². The van der Waals surface area contributed by atoms with E-state index in [-0.39, 0.29) is 56.0 Å². The Morgan fingerprint density at radius 1 is 1.25 bits per heavy atom. The molecule has 0 aromatic rings. The zero-order chi connectivity index (χ0) is 20.7. The number of allylic oxidation sites excluding steroid dienone is 2. The zero-order valence-electron chi connectivity index (χ0n) is 16.8. The van der Waals surface area contributed by atoms with E-state index in [0.29, 0.717) is 17.6 Å². The van der Waals surface area contributed by atoms with Gasteiger partial charge in [0.2, 0.25) is 0 Å². The molecule has 0 radical (unpaired) electrons. The largest absolute Gasteiger partial charge is 0.390 e. The van der Waals surface area contributed by atoms with E-state index in [1.54, 1.807) is 13.8 Å². The van der Waals surface area contributed by atoms with Crippen LogP contribution >= 0.6 is 0 Å². The Balaban J connectivity index is 1.89. The van der Waals surface area contributed by atoms with Crippen molar-refractivity contribution in [3.8, 4) is 0 Å². The molecular weight excluding hydrogens is 363 g/mol. The molecule has 4 aliphatic carbocycles. The second-order valence-corrected chi connectivity index (χ2v) is 9.95. The van der Waals surface area contributed by atoms with E-state index in [9.17, 15) is 24.6 Å². The van der Waals surface area contributed by atoms with Gasteiger partial charge in [-0.2, -0.15) is 0 Å². The number of fused-ring (bicyclic) bond motifs is 5. The summed E-state index contributed by atoms with van der Waals surface area (Å²) in [4.78, 5) is 36.2. The van der Waals surface area contributed by atoms with Crippen LogP contribution in [-0.2, 0) is 14.4 Å². The summed E-state index contributed by atoms with van der Waals surface area (Å²) in [6, 6.07) is 0. The lowest BCUT2D eigenvalue weighted by Crippen LogP contribution is -2.69. The van der Waals surface area contributed by atoms with E-state index < -0.39 is 34.1 Å². The monoisotopic (exact) mass is 392 g/mol. The first kappa shape index (κ1) is 19.9. The molecule has 7 unspecified atom stereocenters. The molecule has 154 valence electrons. The SMILES string of the molecule is CC(=O)C1(O)CCC2C3CC(C=O)=C4CC(=O)CCC4(C)C3(F)C(O)CC21C. The van der Waals surface area contributed by atoms with Gasteiger partial charge >= 0.3 is 0 Å². The third-order valence-electron chi connectivity index (χ3n) is 9.05. The van der Waals surface area contributed by atoms with Crippen LogP contribution in [0.1, 0.15) is 65.7 Å². The summed E-state index contributed by atoms with van der Waals surface area (Å²) in [5.74, 6) is -1.35. The maximum atomic E-state index is 17.0. The van der Waals surface area contributed by atoms with Gasteiger partial charge in [-0.05, 0) is 56.1 Å². The fraction of sp³-hybridized carbons (Fsp3) is 0.773. The fourth-order valence-corrected chi connectivity index (χ4v) is 7.37. The summed E-state index contributed by atoms with van der Waals surface area (Å²) in [7, 11) is 0. The Hall–Kier alpha value is -1.40. The summed E-state index contributed by atoms with van der Waals surface area (Å²) in [5, 5.41) is 22.3. The van der Waals surface area contributed by atoms with Gasteiger partial charge in [0.25, 0.3) is 0 Å². The molecule has 3 fully saturated rings. The number of aliphatic hydroxyl groups excluding tert-OH is 1. The molecule has 0 bridgehead atoms. The average Bonchev–Trinajstić information content (AvgIpc) is 2.89. The fourth-order valence-electron chi connectivity index (χ4n) is 7.37. The number of carbonyl (C=O) groups excluding carboxylic acids is 3. The molecule has 0 aromatic carbocycles. The number of halogens is 1. The maximum absolute atomic E-state index is 17.0. The number of ketones is 2. The maximum Gasteiger partial charge on any atom is 0.161 e. The number of rotatable bonds is 2. The first-order chi connectivity index (χ1) is 13.0. The Bertz CT molecular complexity index is 805. The average molecular weight is 392 g/mol. The van der Waals surface area contributed by atoms with Crippen molar-refractivity contribution >= 4 is 17.9 Å². The van der Waals surface area contributed by atoms with Crippen LogP contribution < -0.4 is 0 Å². The predicted octanol–water partition coefficient (Wildman–Crippen LogP) is 2.47. The Morgan fingerprint density at radius 2 is 1.93 bits per heavy atom. The number of aldehydes is 1. The number of alkyl halides is 1. The van der Waals surface area contributed by atoms with Crippen LogP contribution in [0.2, 0.25) is 0 Å². The highest BCUT2D eigenvalue weighted by atomic mass is 19.1. The van der Waals surface area contributed by atoms with Gasteiger partial charge in [-0.25, -0.2) is 4.39 Å². The summed E-state index contributed by atoms with van der Waals surface area (Å²) >= 11 is 0. The van der Waals surface area contributed by atoms with E-state index in [2.05, 4.69) is 0 Å². The van der Waals surface area contributed by atoms with Gasteiger partial charge in [-0.15, -0.1) is 0 Å². The third-order valence-corrected chi connectivity index (χ3v) is 9.05. The number of hydrogen-bond acceptors (Lipinski definition) is 5. The minimum absolute atomic E-state index is 0.00386. The molecule has 0 spiro atoms. The quantitative estimate of drug-likeness (QED) is 0.705. The molecule has 0 heterocycles. The van der Waals surface area contributed by atoms with Gasteiger partial charge in [0, 0.05) is 29.6 Å². The minimum Gasteiger partial charge on any atom is -0.390 e. The molecule has 7 atom stereocenters. The first-order valence-corrected chi connectivity index (χ1v) is 10.3. The van der Waals surface area contributed by atoms with Crippen molar-refractivity contribution in [3.05, 3.63) is 11.1 Å². The van der Waals surface area contributed by atoms with Crippen molar-refractivity contribution in [3.63, 3.8) is 0 Å². The van der Waals surface area contributed by atoms with Crippen LogP contribution in [0.5, 0.6) is 0 Å². The molecule has 6 heteroatoms. The predicted molar refractivity (Wildman–Crippen MR) is 99.1 cm³/mol. The number of aliphatic hydroxyl groups is 2. The van der Waals surface area contributed by atoms with Crippen molar-refractivity contribution < 1.29 is 29.0 Å². The van der Waals surface area contributed by atoms with Crippen LogP contribution in [0.4, 0.5) is 4.39 Å². The highest BCUT2D eigenvalue weighted by molar-refractivity contribution is 5.87. The number of hydrogen-bond donors (Lipinski definition) is 2. The zero-order valence-corrected chi connectivity index (χ0v) is 16.8. The van der Waals surface area contributed by atoms with E-state index in [0.717, 1.165) is 6.29 Å². The molecule has 0 amide bonds. The Morgan fingerprint density at radius 3 is 2.54 bits per heavy atom. The highest BCUT2D eigenvalue weighted by Gasteiger charge is 2.74. The van der Waals surface area contributed by atoms with Crippen LogP contribution in [-0.4, -0.2) is 45.4 Å². The molecule has 0 aliphatic heterocycles. The molecule has 5 nitrogen and oxygen atoms in total. The molecule has 2 N–H and O–H groups in total. The Labute approximate surface area is 164 Å². The standard InChI is InChI=1S/C22H29FO5/c1-12(25)21(28)7-5-15-17-8-13(11-24)16-9-14(26)4-6-19(16,2)22(17,23)18(27)10-20(15,21)3/h11,15,17-18,27-28H,4-10H2,1-3H3. The normalized spacial score (nSPS) is 50.6. The van der Waals surface area contributed by atoms with Crippen LogP contribution in [0.15, 0.2) is 11.1 Å². The van der Waals surface area contributed by atoms with Gasteiger partial charge in [-0.1, -0.05) is 13.8 Å². The van der Waals surface area contributed by atoms with Crippen molar-refractivity contribution in [1.29, 1.82) is 0 Å². The van der Waals surface area contributed by atoms with Gasteiger partial charge in [0.15, 0.2) is 5.78 Å². The summed E-state index contributed by atoms with van der Waals surface area (Å²) < 4.78 is 17.0. The van der Waals surface area contributed by atoms with Crippen molar-refractivity contribution in [2.24, 2.45) is 22.7 Å². The van der Waals surface area contributed by atoms with Crippen LogP contribution in [0, 0.1) is 22.7 Å². The van der Waals surface area contributed by atoms with Crippen molar-refractivity contribution in [2.75, 3.05) is 0 Å². The third kappa shape index (κ3) is 2.06. The minimum atomic E-state index is -1.98. The van der Waals surface area contributed by atoms with Crippen molar-refractivity contribution in [1.82, 2.24) is 0 Å².